The molecule has 6 heteroatoms. The van der Waals surface area contributed by atoms with Crippen LogP contribution in [0.15, 0.2) is 40.9 Å². The molecule has 0 saturated heterocycles. The van der Waals surface area contributed by atoms with Crippen LogP contribution in [0.2, 0.25) is 0 Å². The first-order valence-corrected chi connectivity index (χ1v) is 6.88. The van der Waals surface area contributed by atoms with Gasteiger partial charge in [-0.15, -0.1) is 0 Å². The summed E-state index contributed by atoms with van der Waals surface area (Å²) < 4.78 is 0.711. The van der Waals surface area contributed by atoms with Crippen molar-refractivity contribution in [1.82, 2.24) is 0 Å². The van der Waals surface area contributed by atoms with Gasteiger partial charge in [-0.3, -0.25) is 4.79 Å². The Labute approximate surface area is 129 Å². The number of carboxylic acid groups (broad SMARTS) is 1. The van der Waals surface area contributed by atoms with Gasteiger partial charge < -0.3 is 16.2 Å². The molecule has 0 unspecified atom stereocenters. The maximum absolute atomic E-state index is 12.2. The van der Waals surface area contributed by atoms with Crippen LogP contribution < -0.4 is 11.1 Å². The summed E-state index contributed by atoms with van der Waals surface area (Å²) in [6.07, 6.45) is 0. The Hall–Kier alpha value is -2.34. The second-order valence-electron chi connectivity index (χ2n) is 4.53. The molecule has 2 aromatic rings. The zero-order valence-electron chi connectivity index (χ0n) is 11.2. The van der Waals surface area contributed by atoms with E-state index in [4.69, 9.17) is 10.8 Å². The van der Waals surface area contributed by atoms with Crippen molar-refractivity contribution in [1.29, 1.82) is 0 Å². The normalized spacial score (nSPS) is 10.2. The molecule has 21 heavy (non-hydrogen) atoms. The molecule has 0 atom stereocenters. The van der Waals surface area contributed by atoms with Crippen molar-refractivity contribution in [2.24, 2.45) is 0 Å². The van der Waals surface area contributed by atoms with Gasteiger partial charge >= 0.3 is 5.97 Å². The topological polar surface area (TPSA) is 92.4 Å². The lowest BCUT2D eigenvalue weighted by atomic mass is 10.1. The Bertz CT molecular complexity index is 729. The molecule has 5 nitrogen and oxygen atoms in total. The Morgan fingerprint density at radius 3 is 2.43 bits per heavy atom. The minimum absolute atomic E-state index is 0.117. The van der Waals surface area contributed by atoms with Crippen molar-refractivity contribution in [3.8, 4) is 0 Å². The maximum atomic E-state index is 12.2. The fourth-order valence-electron chi connectivity index (χ4n) is 1.77. The summed E-state index contributed by atoms with van der Waals surface area (Å²) in [5.41, 5.74) is 7.95. The van der Waals surface area contributed by atoms with E-state index in [0.717, 1.165) is 5.56 Å². The van der Waals surface area contributed by atoms with Gasteiger partial charge in [0.15, 0.2) is 0 Å². The van der Waals surface area contributed by atoms with E-state index in [1.807, 2.05) is 0 Å². The molecule has 0 saturated carbocycles. The van der Waals surface area contributed by atoms with Crippen LogP contribution in [0, 0.1) is 6.92 Å². The Kier molecular flexibility index (Phi) is 4.28. The summed E-state index contributed by atoms with van der Waals surface area (Å²) in [5.74, 6) is -1.39. The zero-order chi connectivity index (χ0) is 15.6. The van der Waals surface area contributed by atoms with Crippen LogP contribution in [0.4, 0.5) is 11.4 Å². The highest BCUT2D eigenvalue weighted by molar-refractivity contribution is 9.10. The number of aryl methyl sites for hydroxylation is 1. The molecule has 0 bridgehead atoms. The van der Waals surface area contributed by atoms with Crippen LogP contribution in [0.3, 0.4) is 0 Å². The van der Waals surface area contributed by atoms with Gasteiger partial charge in [-0.2, -0.15) is 0 Å². The van der Waals surface area contributed by atoms with Crippen molar-refractivity contribution in [3.05, 3.63) is 57.6 Å². The number of nitrogens with one attached hydrogen (secondary N) is 1. The number of halogens is 1. The van der Waals surface area contributed by atoms with Crippen molar-refractivity contribution in [3.63, 3.8) is 0 Å². The molecule has 0 aliphatic heterocycles. The number of nitrogen functional groups attached to an aromatic ring is 1. The Balaban J connectivity index is 2.28. The summed E-state index contributed by atoms with van der Waals surface area (Å²) in [5, 5.41) is 11.7. The highest BCUT2D eigenvalue weighted by atomic mass is 79.9. The van der Waals surface area contributed by atoms with E-state index < -0.39 is 5.97 Å². The minimum Gasteiger partial charge on any atom is -0.478 e. The lowest BCUT2D eigenvalue weighted by molar-refractivity contribution is 0.0696. The second-order valence-corrected chi connectivity index (χ2v) is 5.38. The number of carbonyl (C=O) groups excluding carboxylic acids is 1. The molecule has 0 aromatic heterocycles. The highest BCUT2D eigenvalue weighted by Crippen LogP contribution is 2.22. The van der Waals surface area contributed by atoms with Crippen LogP contribution in [-0.4, -0.2) is 17.0 Å². The van der Waals surface area contributed by atoms with Crippen LogP contribution in [-0.2, 0) is 0 Å². The Morgan fingerprint density at radius 1 is 1.14 bits per heavy atom. The monoisotopic (exact) mass is 348 g/mol. The lowest BCUT2D eigenvalue weighted by Crippen LogP contribution is -2.13. The number of carboxylic acids is 1. The van der Waals surface area contributed by atoms with Crippen LogP contribution in [0.25, 0.3) is 0 Å². The number of aromatic carboxylic acids is 1. The Morgan fingerprint density at radius 2 is 1.81 bits per heavy atom. The van der Waals surface area contributed by atoms with Gasteiger partial charge in [-0.1, -0.05) is 6.07 Å². The van der Waals surface area contributed by atoms with Crippen molar-refractivity contribution >= 4 is 39.2 Å². The molecule has 0 spiro atoms. The smallest absolute Gasteiger partial charge is 0.335 e. The van der Waals surface area contributed by atoms with E-state index in [-0.39, 0.29) is 11.5 Å². The third-order valence-electron chi connectivity index (χ3n) is 2.99. The quantitative estimate of drug-likeness (QED) is 0.742. The average Bonchev–Trinajstić information content (AvgIpc) is 2.43. The molecule has 108 valence electrons. The van der Waals surface area contributed by atoms with Crippen molar-refractivity contribution in [2.45, 2.75) is 6.92 Å². The number of hydrogen-bond acceptors (Lipinski definition) is 3. The molecule has 1 amide bonds. The van der Waals surface area contributed by atoms with Crippen LogP contribution in [0.5, 0.6) is 0 Å². The third-order valence-corrected chi connectivity index (χ3v) is 3.71. The van der Waals surface area contributed by atoms with E-state index in [1.54, 1.807) is 31.2 Å². The van der Waals surface area contributed by atoms with Gasteiger partial charge in [-0.05, 0) is 58.7 Å². The number of anilines is 2. The number of nitrogens with two attached hydrogens (primary N) is 1. The van der Waals surface area contributed by atoms with E-state index >= 15 is 0 Å². The molecular weight excluding hydrogens is 336 g/mol. The zero-order valence-corrected chi connectivity index (χ0v) is 12.8. The molecule has 2 aromatic carbocycles. The maximum Gasteiger partial charge on any atom is 0.335 e. The predicted molar refractivity (Wildman–Crippen MR) is 84.6 cm³/mol. The van der Waals surface area contributed by atoms with Gasteiger partial charge in [0.25, 0.3) is 5.91 Å². The number of benzene rings is 2. The first-order chi connectivity index (χ1) is 9.88. The van der Waals surface area contributed by atoms with Crippen molar-refractivity contribution < 1.29 is 14.7 Å². The van der Waals surface area contributed by atoms with Gasteiger partial charge in [0.2, 0.25) is 0 Å². The van der Waals surface area contributed by atoms with Gasteiger partial charge in [0.1, 0.15) is 0 Å². The van der Waals surface area contributed by atoms with Crippen molar-refractivity contribution in [2.75, 3.05) is 11.1 Å². The molecule has 0 aliphatic rings. The summed E-state index contributed by atoms with van der Waals surface area (Å²) in [6, 6.07) is 9.43. The molecule has 2 rings (SSSR count). The third kappa shape index (κ3) is 3.41. The predicted octanol–water partition coefficient (Wildman–Crippen LogP) is 3.29. The second kappa shape index (κ2) is 5.97. The minimum atomic E-state index is -1.04. The largest absolute Gasteiger partial charge is 0.478 e. The molecule has 4 N–H and O–H groups in total. The summed E-state index contributed by atoms with van der Waals surface area (Å²) in [6.45, 7) is 1.79. The number of hydrogen-bond donors (Lipinski definition) is 3. The van der Waals surface area contributed by atoms with Gasteiger partial charge in [0, 0.05) is 21.4 Å². The van der Waals surface area contributed by atoms with E-state index in [1.165, 1.54) is 12.1 Å². The highest BCUT2D eigenvalue weighted by Gasteiger charge is 2.11. The van der Waals surface area contributed by atoms with E-state index in [0.29, 0.717) is 21.4 Å². The first-order valence-electron chi connectivity index (χ1n) is 6.09. The molecular formula is C15H13BrN2O3. The SMILES string of the molecule is Cc1ccc(C(=O)O)cc1NC(=O)c1ccc(Br)c(N)c1. The van der Waals surface area contributed by atoms with Gasteiger partial charge in [-0.25, -0.2) is 4.79 Å². The van der Waals surface area contributed by atoms with Crippen LogP contribution in [0.1, 0.15) is 26.3 Å². The molecule has 0 fully saturated rings. The summed E-state index contributed by atoms with van der Waals surface area (Å²) in [7, 11) is 0. The van der Waals surface area contributed by atoms with Gasteiger partial charge in [0.05, 0.1) is 5.56 Å². The average molecular weight is 349 g/mol. The lowest BCUT2D eigenvalue weighted by Gasteiger charge is -2.10. The summed E-state index contributed by atoms with van der Waals surface area (Å²) in [4.78, 5) is 23.1. The van der Waals surface area contributed by atoms with Crippen LogP contribution >= 0.6 is 15.9 Å². The number of rotatable bonds is 3. The number of amides is 1. The fraction of sp³-hybridized carbons (Fsp3) is 0.0667. The first kappa shape index (κ1) is 15.1. The summed E-state index contributed by atoms with van der Waals surface area (Å²) >= 11 is 3.26. The fourth-order valence-corrected chi connectivity index (χ4v) is 2.02. The molecule has 0 aliphatic carbocycles. The van der Waals surface area contributed by atoms with E-state index in [9.17, 15) is 9.59 Å². The number of carbonyl (C=O) groups is 2. The molecule has 0 heterocycles. The molecule has 0 radical (unpaired) electrons. The van der Waals surface area contributed by atoms with E-state index in [2.05, 4.69) is 21.2 Å². The standard InChI is InChI=1S/C15H13BrN2O3/c1-8-2-3-10(15(20)21)7-13(8)18-14(19)9-4-5-11(16)12(17)6-9/h2-7H,17H2,1H3,(H,18,19)(H,20,21).